The van der Waals surface area contributed by atoms with Gasteiger partial charge in [-0.1, -0.05) is 42.5 Å². The van der Waals surface area contributed by atoms with Crippen LogP contribution in [0.4, 0.5) is 0 Å². The Morgan fingerprint density at radius 3 is 2.50 bits per heavy atom. The van der Waals surface area contributed by atoms with Gasteiger partial charge in [0.2, 0.25) is 0 Å². The summed E-state index contributed by atoms with van der Waals surface area (Å²) in [7, 11) is 0. The molecule has 1 aromatic heterocycles. The highest BCUT2D eigenvalue weighted by molar-refractivity contribution is 5.96. The summed E-state index contributed by atoms with van der Waals surface area (Å²) in [5.41, 5.74) is 9.92. The van der Waals surface area contributed by atoms with Gasteiger partial charge in [0, 0.05) is 23.3 Å². The molecule has 98 valence electrons. The Morgan fingerprint density at radius 2 is 1.75 bits per heavy atom. The van der Waals surface area contributed by atoms with Crippen molar-refractivity contribution < 1.29 is 0 Å². The van der Waals surface area contributed by atoms with Crippen molar-refractivity contribution in [3.05, 3.63) is 66.5 Å². The zero-order chi connectivity index (χ0) is 13.6. The number of rotatable bonds is 2. The van der Waals surface area contributed by atoms with Crippen molar-refractivity contribution in [1.29, 1.82) is 0 Å². The minimum Gasteiger partial charge on any atom is -0.321 e. The van der Waals surface area contributed by atoms with Gasteiger partial charge in [-0.15, -0.1) is 0 Å². The molecule has 0 spiro atoms. The molecule has 2 nitrogen and oxygen atoms in total. The zero-order valence-electron chi connectivity index (χ0n) is 11.2. The Morgan fingerprint density at radius 1 is 0.950 bits per heavy atom. The SMILES string of the molecule is NC1(c2ccc(-c3cccc4cnccc34)cc2)CC1. The predicted octanol–water partition coefficient (Wildman–Crippen LogP) is 3.85. The first-order valence-electron chi connectivity index (χ1n) is 6.99. The molecule has 1 saturated carbocycles. The second-order valence-electron chi connectivity index (χ2n) is 5.64. The first-order chi connectivity index (χ1) is 9.76. The van der Waals surface area contributed by atoms with Crippen LogP contribution in [0.5, 0.6) is 0 Å². The van der Waals surface area contributed by atoms with Crippen LogP contribution in [0.15, 0.2) is 60.9 Å². The topological polar surface area (TPSA) is 38.9 Å². The zero-order valence-corrected chi connectivity index (χ0v) is 11.2. The molecule has 0 saturated heterocycles. The first-order valence-corrected chi connectivity index (χ1v) is 6.99. The van der Waals surface area contributed by atoms with E-state index in [0.717, 1.165) is 12.8 Å². The van der Waals surface area contributed by atoms with Crippen molar-refractivity contribution in [2.45, 2.75) is 18.4 Å². The molecule has 1 heterocycles. The van der Waals surface area contributed by atoms with Crippen LogP contribution in [0.3, 0.4) is 0 Å². The van der Waals surface area contributed by atoms with Gasteiger partial charge in [-0.3, -0.25) is 4.98 Å². The van der Waals surface area contributed by atoms with Crippen LogP contribution < -0.4 is 5.73 Å². The highest BCUT2D eigenvalue weighted by Gasteiger charge is 2.39. The lowest BCUT2D eigenvalue weighted by molar-refractivity contribution is 0.740. The van der Waals surface area contributed by atoms with Crippen LogP contribution >= 0.6 is 0 Å². The molecule has 1 aliphatic rings. The molecular weight excluding hydrogens is 244 g/mol. The second-order valence-corrected chi connectivity index (χ2v) is 5.64. The van der Waals surface area contributed by atoms with E-state index in [1.165, 1.54) is 27.5 Å². The third-order valence-electron chi connectivity index (χ3n) is 4.24. The molecule has 3 aromatic rings. The van der Waals surface area contributed by atoms with Gasteiger partial charge in [0.1, 0.15) is 0 Å². The summed E-state index contributed by atoms with van der Waals surface area (Å²) in [5.74, 6) is 0. The van der Waals surface area contributed by atoms with Crippen LogP contribution in [0, 0.1) is 0 Å². The van der Waals surface area contributed by atoms with E-state index in [1.807, 2.05) is 12.4 Å². The van der Waals surface area contributed by atoms with Gasteiger partial charge in [0.05, 0.1) is 0 Å². The van der Waals surface area contributed by atoms with Gasteiger partial charge in [0.25, 0.3) is 0 Å². The summed E-state index contributed by atoms with van der Waals surface area (Å²) in [6, 6.07) is 17.1. The van der Waals surface area contributed by atoms with E-state index in [9.17, 15) is 0 Å². The first kappa shape index (κ1) is 11.6. The van der Waals surface area contributed by atoms with Crippen molar-refractivity contribution in [3.63, 3.8) is 0 Å². The van der Waals surface area contributed by atoms with Gasteiger partial charge in [-0.25, -0.2) is 0 Å². The molecule has 0 unspecified atom stereocenters. The molecule has 0 bridgehead atoms. The fourth-order valence-electron chi connectivity index (χ4n) is 2.78. The number of fused-ring (bicyclic) bond motifs is 1. The number of pyridine rings is 1. The van der Waals surface area contributed by atoms with Crippen molar-refractivity contribution in [1.82, 2.24) is 4.98 Å². The lowest BCUT2D eigenvalue weighted by Crippen LogP contribution is -2.18. The Labute approximate surface area is 118 Å². The molecule has 2 N–H and O–H groups in total. The maximum atomic E-state index is 6.24. The van der Waals surface area contributed by atoms with Crippen LogP contribution in [0.1, 0.15) is 18.4 Å². The maximum Gasteiger partial charge on any atom is 0.0411 e. The third-order valence-corrected chi connectivity index (χ3v) is 4.24. The summed E-state index contributed by atoms with van der Waals surface area (Å²) in [4.78, 5) is 4.19. The number of hydrogen-bond donors (Lipinski definition) is 1. The fraction of sp³-hybridized carbons (Fsp3) is 0.167. The molecule has 2 aromatic carbocycles. The van der Waals surface area contributed by atoms with Crippen molar-refractivity contribution in [2.24, 2.45) is 5.73 Å². The van der Waals surface area contributed by atoms with Gasteiger partial charge in [0.15, 0.2) is 0 Å². The molecule has 1 aliphatic carbocycles. The van der Waals surface area contributed by atoms with E-state index in [2.05, 4.69) is 53.5 Å². The van der Waals surface area contributed by atoms with E-state index < -0.39 is 0 Å². The standard InChI is InChI=1S/C18H16N2/c19-18(9-10-18)15-6-4-13(5-7-15)16-3-1-2-14-12-20-11-8-17(14)16/h1-8,11-12H,9-10,19H2. The van der Waals surface area contributed by atoms with Gasteiger partial charge < -0.3 is 5.73 Å². The predicted molar refractivity (Wildman–Crippen MR) is 82.3 cm³/mol. The molecule has 0 radical (unpaired) electrons. The van der Waals surface area contributed by atoms with Crippen LogP contribution in [0.25, 0.3) is 21.9 Å². The third kappa shape index (κ3) is 1.81. The molecule has 20 heavy (non-hydrogen) atoms. The lowest BCUT2D eigenvalue weighted by Gasteiger charge is -2.11. The molecule has 4 rings (SSSR count). The molecule has 2 heteroatoms. The van der Waals surface area contributed by atoms with E-state index in [-0.39, 0.29) is 5.54 Å². The monoisotopic (exact) mass is 260 g/mol. The minimum absolute atomic E-state index is 0.0544. The van der Waals surface area contributed by atoms with E-state index in [0.29, 0.717) is 0 Å². The van der Waals surface area contributed by atoms with E-state index in [4.69, 9.17) is 5.73 Å². The largest absolute Gasteiger partial charge is 0.321 e. The molecule has 0 aliphatic heterocycles. The number of benzene rings is 2. The quantitative estimate of drug-likeness (QED) is 0.760. The summed E-state index contributed by atoms with van der Waals surface area (Å²) in [5, 5.41) is 2.41. The second kappa shape index (κ2) is 4.15. The average Bonchev–Trinajstić information content (AvgIpc) is 3.26. The van der Waals surface area contributed by atoms with Crippen LogP contribution in [-0.2, 0) is 5.54 Å². The molecule has 1 fully saturated rings. The Hall–Kier alpha value is -2.19. The lowest BCUT2D eigenvalue weighted by atomic mass is 9.97. The highest BCUT2D eigenvalue weighted by Crippen LogP contribution is 2.43. The summed E-state index contributed by atoms with van der Waals surface area (Å²) in [6.45, 7) is 0. The maximum absolute atomic E-state index is 6.24. The van der Waals surface area contributed by atoms with Gasteiger partial charge in [-0.2, -0.15) is 0 Å². The van der Waals surface area contributed by atoms with E-state index >= 15 is 0 Å². The number of nitrogens with two attached hydrogens (primary N) is 1. The van der Waals surface area contributed by atoms with Crippen LogP contribution in [0.2, 0.25) is 0 Å². The fourth-order valence-corrected chi connectivity index (χ4v) is 2.78. The van der Waals surface area contributed by atoms with Crippen LogP contribution in [-0.4, -0.2) is 4.98 Å². The Kier molecular flexibility index (Phi) is 2.41. The number of hydrogen-bond acceptors (Lipinski definition) is 2. The number of nitrogens with zero attached hydrogens (tertiary/aromatic N) is 1. The van der Waals surface area contributed by atoms with Crippen molar-refractivity contribution in [2.75, 3.05) is 0 Å². The minimum atomic E-state index is -0.0544. The summed E-state index contributed by atoms with van der Waals surface area (Å²) < 4.78 is 0. The van der Waals surface area contributed by atoms with Crippen molar-refractivity contribution in [3.8, 4) is 11.1 Å². The normalized spacial score (nSPS) is 16.2. The molecular formula is C18H16N2. The van der Waals surface area contributed by atoms with Crippen molar-refractivity contribution >= 4 is 10.8 Å². The van der Waals surface area contributed by atoms with Gasteiger partial charge >= 0.3 is 0 Å². The summed E-state index contributed by atoms with van der Waals surface area (Å²) in [6.07, 6.45) is 5.96. The van der Waals surface area contributed by atoms with Gasteiger partial charge in [-0.05, 0) is 41.0 Å². The molecule has 0 atom stereocenters. The Bertz CT molecular complexity index is 766. The summed E-state index contributed by atoms with van der Waals surface area (Å²) >= 11 is 0. The highest BCUT2D eigenvalue weighted by atomic mass is 14.8. The van der Waals surface area contributed by atoms with E-state index in [1.54, 1.807) is 0 Å². The smallest absolute Gasteiger partial charge is 0.0411 e. The molecule has 0 amide bonds. The number of aromatic nitrogens is 1. The average molecular weight is 260 g/mol. The Balaban J connectivity index is 1.83.